The van der Waals surface area contributed by atoms with Crippen LogP contribution in [0.4, 0.5) is 0 Å². The summed E-state index contributed by atoms with van der Waals surface area (Å²) in [5.41, 5.74) is 2.54. The van der Waals surface area contributed by atoms with E-state index >= 15 is 0 Å². The van der Waals surface area contributed by atoms with Gasteiger partial charge >= 0.3 is 0 Å². The molecule has 3 heteroatoms. The second-order valence-electron chi connectivity index (χ2n) is 5.00. The normalized spacial score (nSPS) is 11.3. The van der Waals surface area contributed by atoms with Crippen LogP contribution in [-0.4, -0.2) is 9.55 Å². The van der Waals surface area contributed by atoms with Gasteiger partial charge in [-0.25, -0.2) is 4.98 Å². The number of benzene rings is 2. The molecule has 0 aliphatic heterocycles. The molecule has 2 aromatic carbocycles. The fourth-order valence-electron chi connectivity index (χ4n) is 2.80. The van der Waals surface area contributed by atoms with Crippen molar-refractivity contribution in [1.82, 2.24) is 9.55 Å². The number of fused-ring (bicyclic) bond motifs is 3. The predicted molar refractivity (Wildman–Crippen MR) is 88.8 cm³/mol. The van der Waals surface area contributed by atoms with Crippen molar-refractivity contribution in [3.63, 3.8) is 0 Å². The number of nitrogens with zero attached hydrogens (tertiary/aromatic N) is 2. The lowest BCUT2D eigenvalue weighted by Gasteiger charge is -2.05. The molecule has 21 heavy (non-hydrogen) atoms. The quantitative estimate of drug-likeness (QED) is 0.524. The minimum absolute atomic E-state index is 1.02. The first-order chi connectivity index (χ1) is 10.3. The molecule has 0 saturated heterocycles. The number of rotatable bonds is 2. The second kappa shape index (κ2) is 4.93. The van der Waals surface area contributed by atoms with Gasteiger partial charge in [-0.05, 0) is 24.3 Å². The average Bonchev–Trinajstić information content (AvgIpc) is 2.83. The maximum Gasteiger partial charge on any atom is 0.101 e. The van der Waals surface area contributed by atoms with Gasteiger partial charge in [0.2, 0.25) is 0 Å². The molecular formula is C18H14N2S. The maximum atomic E-state index is 4.42. The topological polar surface area (TPSA) is 17.8 Å². The minimum Gasteiger partial charge on any atom is -0.343 e. The fourth-order valence-corrected chi connectivity index (χ4v) is 3.78. The summed E-state index contributed by atoms with van der Waals surface area (Å²) >= 11 is 1.71. The molecule has 0 aliphatic carbocycles. The first-order valence-electron chi connectivity index (χ1n) is 6.89. The number of hydrogen-bond acceptors (Lipinski definition) is 2. The van der Waals surface area contributed by atoms with Crippen molar-refractivity contribution in [2.75, 3.05) is 0 Å². The molecule has 4 rings (SSSR count). The van der Waals surface area contributed by atoms with Gasteiger partial charge < -0.3 is 4.57 Å². The molecule has 2 nitrogen and oxygen atoms in total. The lowest BCUT2D eigenvalue weighted by Crippen LogP contribution is -1.89. The van der Waals surface area contributed by atoms with Gasteiger partial charge in [-0.15, -0.1) is 0 Å². The molecule has 102 valence electrons. The highest BCUT2D eigenvalue weighted by molar-refractivity contribution is 7.99. The SMILES string of the molecule is Cn1c2ccccc2c2cccc(Sc3ccccn3)c21. The molecule has 0 radical (unpaired) electrons. The Morgan fingerprint density at radius 3 is 2.52 bits per heavy atom. The Bertz CT molecular complexity index is 926. The molecular weight excluding hydrogens is 276 g/mol. The second-order valence-corrected chi connectivity index (χ2v) is 6.06. The van der Waals surface area contributed by atoms with Crippen LogP contribution in [0, 0.1) is 0 Å². The van der Waals surface area contributed by atoms with E-state index < -0.39 is 0 Å². The molecule has 2 heterocycles. The largest absolute Gasteiger partial charge is 0.343 e. The third-order valence-electron chi connectivity index (χ3n) is 3.74. The molecule has 0 fully saturated rings. The molecule has 0 atom stereocenters. The van der Waals surface area contributed by atoms with Gasteiger partial charge in [0.05, 0.1) is 5.52 Å². The summed E-state index contributed by atoms with van der Waals surface area (Å²) < 4.78 is 2.27. The van der Waals surface area contributed by atoms with Gasteiger partial charge in [0.15, 0.2) is 0 Å². The summed E-state index contributed by atoms with van der Waals surface area (Å²) in [6.07, 6.45) is 1.84. The van der Waals surface area contributed by atoms with Crippen molar-refractivity contribution < 1.29 is 0 Å². The van der Waals surface area contributed by atoms with Crippen LogP contribution in [0.15, 0.2) is 76.8 Å². The van der Waals surface area contributed by atoms with Gasteiger partial charge in [0.25, 0.3) is 0 Å². The van der Waals surface area contributed by atoms with Gasteiger partial charge in [0, 0.05) is 34.4 Å². The summed E-state index contributed by atoms with van der Waals surface area (Å²) in [6, 6.07) is 21.1. The van der Waals surface area contributed by atoms with E-state index in [1.807, 2.05) is 24.4 Å². The van der Waals surface area contributed by atoms with Crippen LogP contribution in [0.1, 0.15) is 0 Å². The van der Waals surface area contributed by atoms with E-state index in [-0.39, 0.29) is 0 Å². The highest BCUT2D eigenvalue weighted by Crippen LogP contribution is 2.36. The molecule has 0 spiro atoms. The van der Waals surface area contributed by atoms with Crippen LogP contribution >= 0.6 is 11.8 Å². The molecule has 0 amide bonds. The van der Waals surface area contributed by atoms with E-state index in [9.17, 15) is 0 Å². The Hall–Kier alpha value is -2.26. The molecule has 0 unspecified atom stereocenters. The predicted octanol–water partition coefficient (Wildman–Crippen LogP) is 4.88. The van der Waals surface area contributed by atoms with Crippen molar-refractivity contribution in [2.45, 2.75) is 9.92 Å². The molecule has 0 N–H and O–H groups in total. The number of aromatic nitrogens is 2. The zero-order valence-corrected chi connectivity index (χ0v) is 12.5. The standard InChI is InChI=1S/C18H14N2S/c1-20-15-9-3-2-7-13(15)14-8-6-10-16(18(14)20)21-17-11-4-5-12-19-17/h2-12H,1H3. The highest BCUT2D eigenvalue weighted by atomic mass is 32.2. The van der Waals surface area contributed by atoms with Crippen LogP contribution in [0.25, 0.3) is 21.8 Å². The number of hydrogen-bond donors (Lipinski definition) is 0. The van der Waals surface area contributed by atoms with Gasteiger partial charge in [-0.2, -0.15) is 0 Å². The average molecular weight is 290 g/mol. The van der Waals surface area contributed by atoms with Gasteiger partial charge in [-0.1, -0.05) is 48.2 Å². The Labute approximate surface area is 127 Å². The Balaban J connectivity index is 1.98. The number of aryl methyl sites for hydroxylation is 1. The molecule has 2 aromatic heterocycles. The summed E-state index contributed by atoms with van der Waals surface area (Å²) in [5.74, 6) is 0. The lowest BCUT2D eigenvalue weighted by molar-refractivity contribution is 1.00. The van der Waals surface area contributed by atoms with E-state index in [1.165, 1.54) is 26.7 Å². The van der Waals surface area contributed by atoms with Crippen LogP contribution in [-0.2, 0) is 7.05 Å². The molecule has 0 saturated carbocycles. The first-order valence-corrected chi connectivity index (χ1v) is 7.71. The molecule has 4 aromatic rings. The third kappa shape index (κ3) is 2.01. The van der Waals surface area contributed by atoms with Crippen molar-refractivity contribution in [1.29, 1.82) is 0 Å². The summed E-state index contributed by atoms with van der Waals surface area (Å²) in [6.45, 7) is 0. The van der Waals surface area contributed by atoms with E-state index in [4.69, 9.17) is 0 Å². The van der Waals surface area contributed by atoms with Crippen LogP contribution in [0.5, 0.6) is 0 Å². The van der Waals surface area contributed by atoms with E-state index in [2.05, 4.69) is 59.1 Å². The smallest absolute Gasteiger partial charge is 0.101 e. The number of pyridine rings is 1. The maximum absolute atomic E-state index is 4.42. The first kappa shape index (κ1) is 12.5. The molecule has 0 aliphatic rings. The Morgan fingerprint density at radius 1 is 0.857 bits per heavy atom. The van der Waals surface area contributed by atoms with Crippen molar-refractivity contribution >= 4 is 33.6 Å². The lowest BCUT2D eigenvalue weighted by atomic mass is 10.1. The summed E-state index contributed by atoms with van der Waals surface area (Å²) in [7, 11) is 2.13. The highest BCUT2D eigenvalue weighted by Gasteiger charge is 2.12. The monoisotopic (exact) mass is 290 g/mol. The van der Waals surface area contributed by atoms with Crippen LogP contribution < -0.4 is 0 Å². The zero-order valence-electron chi connectivity index (χ0n) is 11.7. The van der Waals surface area contributed by atoms with E-state index in [1.54, 1.807) is 11.8 Å². The van der Waals surface area contributed by atoms with Crippen LogP contribution in [0.2, 0.25) is 0 Å². The van der Waals surface area contributed by atoms with Crippen LogP contribution in [0.3, 0.4) is 0 Å². The third-order valence-corrected chi connectivity index (χ3v) is 4.74. The van der Waals surface area contributed by atoms with E-state index in [0.717, 1.165) is 5.03 Å². The van der Waals surface area contributed by atoms with Gasteiger partial charge in [0.1, 0.15) is 5.03 Å². The summed E-state index contributed by atoms with van der Waals surface area (Å²) in [4.78, 5) is 5.66. The Morgan fingerprint density at radius 2 is 1.67 bits per heavy atom. The zero-order chi connectivity index (χ0) is 14.2. The minimum atomic E-state index is 1.02. The van der Waals surface area contributed by atoms with Crippen molar-refractivity contribution in [3.8, 4) is 0 Å². The van der Waals surface area contributed by atoms with Crippen molar-refractivity contribution in [3.05, 3.63) is 66.9 Å². The van der Waals surface area contributed by atoms with E-state index in [0.29, 0.717) is 0 Å². The summed E-state index contributed by atoms with van der Waals surface area (Å²) in [5, 5.41) is 3.63. The fraction of sp³-hybridized carbons (Fsp3) is 0.0556. The number of para-hydroxylation sites is 2. The molecule has 0 bridgehead atoms. The van der Waals surface area contributed by atoms with Crippen molar-refractivity contribution in [2.24, 2.45) is 7.05 Å². The Kier molecular flexibility index (Phi) is 2.93. The van der Waals surface area contributed by atoms with Gasteiger partial charge in [-0.3, -0.25) is 0 Å².